The standard InChI is InChI=1S/C12H8N2O8/c15-7-1-2-8(16)13(7)21-11(19)5-6-12(20)22-14-9(17)3-4-10(14)18/h1-4H2. The summed E-state index contributed by atoms with van der Waals surface area (Å²) in [5, 5.41) is 0.520. The number of rotatable bonds is 2. The van der Waals surface area contributed by atoms with Crippen LogP contribution in [0, 0.1) is 11.8 Å². The van der Waals surface area contributed by atoms with Crippen molar-refractivity contribution < 1.29 is 38.4 Å². The molecule has 2 aliphatic heterocycles. The largest absolute Gasteiger partial charge is 0.409 e. The van der Waals surface area contributed by atoms with Gasteiger partial charge in [0.05, 0.1) is 0 Å². The lowest BCUT2D eigenvalue weighted by molar-refractivity contribution is -0.193. The molecule has 0 aromatic rings. The van der Waals surface area contributed by atoms with Crippen molar-refractivity contribution >= 4 is 35.6 Å². The van der Waals surface area contributed by atoms with Crippen LogP contribution in [0.1, 0.15) is 25.7 Å². The smallest absolute Gasteiger partial charge is 0.318 e. The lowest BCUT2D eigenvalue weighted by atomic mass is 10.4. The predicted molar refractivity (Wildman–Crippen MR) is 62.1 cm³/mol. The van der Waals surface area contributed by atoms with Gasteiger partial charge in [-0.15, -0.1) is 10.1 Å². The number of hydrogen-bond donors (Lipinski definition) is 0. The maximum atomic E-state index is 11.3. The number of amides is 4. The summed E-state index contributed by atoms with van der Waals surface area (Å²) in [5.41, 5.74) is 0. The minimum Gasteiger partial charge on any atom is -0.318 e. The van der Waals surface area contributed by atoms with Gasteiger partial charge in [-0.25, -0.2) is 9.59 Å². The number of carbonyl (C=O) groups excluding carboxylic acids is 6. The maximum Gasteiger partial charge on any atom is 0.409 e. The lowest BCUT2D eigenvalue weighted by Crippen LogP contribution is -2.32. The Balaban J connectivity index is 1.89. The fourth-order valence-corrected chi connectivity index (χ4v) is 1.63. The molecule has 0 atom stereocenters. The number of hydrogen-bond acceptors (Lipinski definition) is 8. The molecule has 0 spiro atoms. The third kappa shape index (κ3) is 3.26. The SMILES string of the molecule is O=C(C#CC(=O)ON1C(=O)CCC1=O)ON1C(=O)CCC1=O. The highest BCUT2D eigenvalue weighted by Crippen LogP contribution is 2.12. The van der Waals surface area contributed by atoms with Gasteiger partial charge in [0, 0.05) is 37.5 Å². The normalized spacial score (nSPS) is 17.5. The molecule has 0 saturated carbocycles. The van der Waals surface area contributed by atoms with Gasteiger partial charge in [0.1, 0.15) is 0 Å². The van der Waals surface area contributed by atoms with Crippen LogP contribution in [0.5, 0.6) is 0 Å². The first-order valence-corrected chi connectivity index (χ1v) is 6.06. The first-order valence-electron chi connectivity index (χ1n) is 6.06. The van der Waals surface area contributed by atoms with Crippen LogP contribution in [-0.2, 0) is 38.4 Å². The molecule has 4 amide bonds. The molecule has 10 nitrogen and oxygen atoms in total. The van der Waals surface area contributed by atoms with Crippen molar-refractivity contribution in [3.05, 3.63) is 0 Å². The summed E-state index contributed by atoms with van der Waals surface area (Å²) < 4.78 is 0. The second-order valence-corrected chi connectivity index (χ2v) is 4.17. The molecule has 2 fully saturated rings. The highest BCUT2D eigenvalue weighted by molar-refractivity contribution is 6.05. The van der Waals surface area contributed by atoms with Crippen molar-refractivity contribution in [3.63, 3.8) is 0 Å². The second-order valence-electron chi connectivity index (χ2n) is 4.17. The van der Waals surface area contributed by atoms with Crippen molar-refractivity contribution in [2.24, 2.45) is 0 Å². The van der Waals surface area contributed by atoms with E-state index >= 15 is 0 Å². The Labute approximate surface area is 122 Å². The molecule has 0 aliphatic carbocycles. The van der Waals surface area contributed by atoms with E-state index < -0.39 is 35.6 Å². The van der Waals surface area contributed by atoms with Crippen LogP contribution in [0.25, 0.3) is 0 Å². The molecule has 0 aromatic heterocycles. The summed E-state index contributed by atoms with van der Waals surface area (Å²) in [5.74, 6) is -2.11. The number of hydroxylamine groups is 4. The van der Waals surface area contributed by atoms with Gasteiger partial charge in [0.2, 0.25) is 0 Å². The number of imide groups is 2. The van der Waals surface area contributed by atoms with Gasteiger partial charge in [0.15, 0.2) is 0 Å². The molecule has 2 saturated heterocycles. The van der Waals surface area contributed by atoms with Crippen molar-refractivity contribution in [3.8, 4) is 11.8 Å². The number of carbonyl (C=O) groups is 6. The monoisotopic (exact) mass is 308 g/mol. The first kappa shape index (κ1) is 15.2. The molecule has 0 aromatic carbocycles. The highest BCUT2D eigenvalue weighted by Gasteiger charge is 2.33. The summed E-state index contributed by atoms with van der Waals surface area (Å²) in [7, 11) is 0. The molecule has 0 unspecified atom stereocenters. The van der Waals surface area contributed by atoms with E-state index in [2.05, 4.69) is 9.68 Å². The molecule has 114 valence electrons. The van der Waals surface area contributed by atoms with Gasteiger partial charge in [0.25, 0.3) is 23.6 Å². The zero-order chi connectivity index (χ0) is 16.3. The van der Waals surface area contributed by atoms with Crippen molar-refractivity contribution in [1.82, 2.24) is 10.1 Å². The van der Waals surface area contributed by atoms with Crippen LogP contribution in [0.15, 0.2) is 0 Å². The summed E-state index contributed by atoms with van der Waals surface area (Å²) in [6, 6.07) is 0. The minimum absolute atomic E-state index is 0.0826. The van der Waals surface area contributed by atoms with Crippen LogP contribution in [0.4, 0.5) is 0 Å². The fourth-order valence-electron chi connectivity index (χ4n) is 1.63. The molecule has 2 rings (SSSR count). The zero-order valence-electron chi connectivity index (χ0n) is 11.0. The minimum atomic E-state index is -1.33. The molecule has 0 bridgehead atoms. The van der Waals surface area contributed by atoms with E-state index in [4.69, 9.17) is 0 Å². The van der Waals surface area contributed by atoms with Gasteiger partial charge in [-0.05, 0) is 0 Å². The Morgan fingerprint density at radius 3 is 1.23 bits per heavy atom. The van der Waals surface area contributed by atoms with Crippen LogP contribution in [0.2, 0.25) is 0 Å². The third-order valence-corrected chi connectivity index (χ3v) is 2.63. The lowest BCUT2D eigenvalue weighted by Gasteiger charge is -2.10. The zero-order valence-corrected chi connectivity index (χ0v) is 11.0. The first-order chi connectivity index (χ1) is 10.4. The predicted octanol–water partition coefficient (Wildman–Crippen LogP) is -1.80. The van der Waals surface area contributed by atoms with Crippen LogP contribution in [-0.4, -0.2) is 45.7 Å². The average Bonchev–Trinajstić information content (AvgIpc) is 2.95. The van der Waals surface area contributed by atoms with E-state index in [1.807, 2.05) is 0 Å². The van der Waals surface area contributed by atoms with Crippen molar-refractivity contribution in [2.45, 2.75) is 25.7 Å². The summed E-state index contributed by atoms with van der Waals surface area (Å²) in [4.78, 5) is 75.9. The van der Waals surface area contributed by atoms with Crippen LogP contribution < -0.4 is 0 Å². The Hall–Kier alpha value is -3.22. The Bertz CT molecular complexity index is 570. The molecule has 0 N–H and O–H groups in total. The molecule has 22 heavy (non-hydrogen) atoms. The van der Waals surface area contributed by atoms with E-state index in [-0.39, 0.29) is 35.8 Å². The van der Waals surface area contributed by atoms with Gasteiger partial charge in [-0.1, -0.05) is 0 Å². The Morgan fingerprint density at radius 1 is 0.682 bits per heavy atom. The Morgan fingerprint density at radius 2 is 0.955 bits per heavy atom. The van der Waals surface area contributed by atoms with Crippen LogP contribution in [0.3, 0.4) is 0 Å². The van der Waals surface area contributed by atoms with E-state index in [9.17, 15) is 28.8 Å². The van der Waals surface area contributed by atoms with Gasteiger partial charge in [-0.2, -0.15) is 0 Å². The van der Waals surface area contributed by atoms with Gasteiger partial charge >= 0.3 is 11.9 Å². The molecule has 2 heterocycles. The van der Waals surface area contributed by atoms with Gasteiger partial charge < -0.3 is 9.68 Å². The second kappa shape index (κ2) is 6.04. The van der Waals surface area contributed by atoms with Crippen molar-refractivity contribution in [1.29, 1.82) is 0 Å². The van der Waals surface area contributed by atoms with E-state index in [0.29, 0.717) is 0 Å². The van der Waals surface area contributed by atoms with Crippen LogP contribution >= 0.6 is 0 Å². The fraction of sp³-hybridized carbons (Fsp3) is 0.333. The molecule has 2 aliphatic rings. The quantitative estimate of drug-likeness (QED) is 0.432. The average molecular weight is 308 g/mol. The van der Waals surface area contributed by atoms with E-state index in [0.717, 1.165) is 0 Å². The number of nitrogens with zero attached hydrogens (tertiary/aromatic N) is 2. The molecule has 10 heteroatoms. The maximum absolute atomic E-state index is 11.3. The van der Waals surface area contributed by atoms with E-state index in [1.54, 1.807) is 11.8 Å². The molecular formula is C12H8N2O8. The third-order valence-electron chi connectivity index (χ3n) is 2.63. The van der Waals surface area contributed by atoms with Gasteiger partial charge in [-0.3, -0.25) is 19.2 Å². The summed E-state index contributed by atoms with van der Waals surface area (Å²) in [6.45, 7) is 0. The summed E-state index contributed by atoms with van der Waals surface area (Å²) in [6.07, 6.45) is -0.330. The Kier molecular flexibility index (Phi) is 4.17. The molecular weight excluding hydrogens is 300 g/mol. The van der Waals surface area contributed by atoms with E-state index in [1.165, 1.54) is 0 Å². The van der Waals surface area contributed by atoms with Crippen molar-refractivity contribution in [2.75, 3.05) is 0 Å². The summed E-state index contributed by atoms with van der Waals surface area (Å²) >= 11 is 0. The molecule has 0 radical (unpaired) electrons. The topological polar surface area (TPSA) is 127 Å². The highest BCUT2D eigenvalue weighted by atomic mass is 16.7.